The molecular formula is C19H17BrN4OS. The summed E-state index contributed by atoms with van der Waals surface area (Å²) >= 11 is 4.79. The van der Waals surface area contributed by atoms with E-state index in [4.69, 9.17) is 0 Å². The first kappa shape index (κ1) is 18.4. The van der Waals surface area contributed by atoms with Gasteiger partial charge in [0.1, 0.15) is 0 Å². The average molecular weight is 429 g/mol. The minimum Gasteiger partial charge on any atom is -0.322 e. The number of halogens is 1. The highest BCUT2D eigenvalue weighted by molar-refractivity contribution is 9.12. The fourth-order valence-corrected chi connectivity index (χ4v) is 3.47. The van der Waals surface area contributed by atoms with Gasteiger partial charge in [0, 0.05) is 11.5 Å². The van der Waals surface area contributed by atoms with Gasteiger partial charge in [0.05, 0.1) is 23.0 Å². The first-order chi connectivity index (χ1) is 12.6. The third-order valence-corrected chi connectivity index (χ3v) is 5.02. The second kappa shape index (κ2) is 8.82. The van der Waals surface area contributed by atoms with E-state index in [9.17, 15) is 4.79 Å². The average Bonchev–Trinajstić information content (AvgIpc) is 2.97. The number of nitrogens with one attached hydrogen (secondary N) is 1. The molecule has 1 N–H and O–H groups in total. The van der Waals surface area contributed by atoms with Crippen LogP contribution in [0.25, 0.3) is 17.1 Å². The fourth-order valence-electron chi connectivity index (χ4n) is 2.33. The van der Waals surface area contributed by atoms with E-state index in [1.807, 2.05) is 72.3 Å². The molecule has 1 amide bonds. The number of amides is 1. The number of hydrogen-bond acceptors (Lipinski definition) is 4. The van der Waals surface area contributed by atoms with Crippen LogP contribution in [0.5, 0.6) is 0 Å². The predicted octanol–water partition coefficient (Wildman–Crippen LogP) is 4.20. The smallest absolute Gasteiger partial charge is 0.250 e. The molecule has 3 rings (SSSR count). The van der Waals surface area contributed by atoms with Crippen molar-refractivity contribution in [3.63, 3.8) is 0 Å². The van der Waals surface area contributed by atoms with Gasteiger partial charge >= 0.3 is 0 Å². The number of nitrogens with zero attached hydrogens (tertiary/aromatic N) is 3. The van der Waals surface area contributed by atoms with Crippen molar-refractivity contribution in [1.29, 1.82) is 0 Å². The number of hydrogen-bond donors (Lipinski definition) is 1. The number of allylic oxidation sites excluding steroid dienone is 1. The summed E-state index contributed by atoms with van der Waals surface area (Å²) in [4.78, 5) is 16.5. The standard InChI is InChI=1S/C19H17BrN4OS/c1-24-17-10-6-5-9-16(17)22-19(24)26-13-18(25)23-21-12-15(20)11-14-7-3-2-4-8-14/h2-12H,13H2,1H3,(H,23,25). The Morgan fingerprint density at radius 3 is 2.73 bits per heavy atom. The quantitative estimate of drug-likeness (QED) is 0.363. The van der Waals surface area contributed by atoms with Gasteiger partial charge in [0.25, 0.3) is 5.91 Å². The van der Waals surface area contributed by atoms with Crippen molar-refractivity contribution in [2.75, 3.05) is 5.75 Å². The molecule has 26 heavy (non-hydrogen) atoms. The number of thioether (sulfide) groups is 1. The van der Waals surface area contributed by atoms with Gasteiger partial charge in [-0.2, -0.15) is 5.10 Å². The molecule has 3 aromatic rings. The lowest BCUT2D eigenvalue weighted by molar-refractivity contribution is -0.118. The SMILES string of the molecule is Cn1c(SCC(=O)NN=CC(Br)=Cc2ccccc2)nc2ccccc21. The second-order valence-corrected chi connectivity index (χ2v) is 7.32. The highest BCUT2D eigenvalue weighted by Crippen LogP contribution is 2.22. The number of carbonyl (C=O) groups excluding carboxylic acids is 1. The van der Waals surface area contributed by atoms with E-state index >= 15 is 0 Å². The fraction of sp³-hybridized carbons (Fsp3) is 0.105. The normalized spacial score (nSPS) is 12.0. The molecule has 0 saturated carbocycles. The van der Waals surface area contributed by atoms with Crippen LogP contribution in [0, 0.1) is 0 Å². The molecule has 0 unspecified atom stereocenters. The Morgan fingerprint density at radius 2 is 1.96 bits per heavy atom. The molecule has 0 atom stereocenters. The molecule has 0 spiro atoms. The summed E-state index contributed by atoms with van der Waals surface area (Å²) in [6.45, 7) is 0. The van der Waals surface area contributed by atoms with Gasteiger partial charge in [0.2, 0.25) is 0 Å². The van der Waals surface area contributed by atoms with Gasteiger partial charge in [-0.05, 0) is 39.7 Å². The lowest BCUT2D eigenvalue weighted by atomic mass is 10.2. The van der Waals surface area contributed by atoms with E-state index in [2.05, 4.69) is 31.4 Å². The third-order valence-electron chi connectivity index (χ3n) is 3.56. The second-order valence-electron chi connectivity index (χ2n) is 5.46. The van der Waals surface area contributed by atoms with Gasteiger partial charge < -0.3 is 4.57 Å². The minimum absolute atomic E-state index is 0.182. The monoisotopic (exact) mass is 428 g/mol. The molecule has 0 saturated heterocycles. The van der Waals surface area contributed by atoms with Crippen molar-refractivity contribution >= 4 is 56.9 Å². The van der Waals surface area contributed by atoms with Crippen LogP contribution in [-0.4, -0.2) is 27.4 Å². The molecule has 5 nitrogen and oxygen atoms in total. The van der Waals surface area contributed by atoms with Crippen molar-refractivity contribution in [2.24, 2.45) is 12.1 Å². The zero-order chi connectivity index (χ0) is 18.4. The van der Waals surface area contributed by atoms with Crippen molar-refractivity contribution in [3.05, 3.63) is 64.6 Å². The maximum atomic E-state index is 12.0. The Morgan fingerprint density at radius 1 is 1.23 bits per heavy atom. The molecule has 7 heteroatoms. The van der Waals surface area contributed by atoms with Crippen LogP contribution in [0.4, 0.5) is 0 Å². The number of imidazole rings is 1. The first-order valence-corrected chi connectivity index (χ1v) is 9.70. The van der Waals surface area contributed by atoms with E-state index in [1.165, 1.54) is 11.8 Å². The maximum Gasteiger partial charge on any atom is 0.250 e. The summed E-state index contributed by atoms with van der Waals surface area (Å²) in [6.07, 6.45) is 3.48. The molecule has 1 heterocycles. The maximum absolute atomic E-state index is 12.0. The number of para-hydroxylation sites is 2. The van der Waals surface area contributed by atoms with Crippen LogP contribution in [0.1, 0.15) is 5.56 Å². The van der Waals surface area contributed by atoms with Crippen molar-refractivity contribution in [2.45, 2.75) is 5.16 Å². The summed E-state index contributed by atoms with van der Waals surface area (Å²) in [5.74, 6) is 0.0625. The number of aryl methyl sites for hydroxylation is 1. The van der Waals surface area contributed by atoms with E-state index in [0.717, 1.165) is 26.2 Å². The first-order valence-electron chi connectivity index (χ1n) is 7.92. The molecular weight excluding hydrogens is 412 g/mol. The molecule has 1 aromatic heterocycles. The van der Waals surface area contributed by atoms with Crippen molar-refractivity contribution in [3.8, 4) is 0 Å². The Bertz CT molecular complexity index is 966. The summed E-state index contributed by atoms with van der Waals surface area (Å²) in [5.41, 5.74) is 5.54. The zero-order valence-electron chi connectivity index (χ0n) is 14.1. The van der Waals surface area contributed by atoms with E-state index in [1.54, 1.807) is 6.21 Å². The van der Waals surface area contributed by atoms with Crippen molar-refractivity contribution < 1.29 is 4.79 Å². The molecule has 0 aliphatic carbocycles. The summed E-state index contributed by atoms with van der Waals surface area (Å²) in [5, 5.41) is 4.77. The Kier molecular flexibility index (Phi) is 6.25. The number of hydrazone groups is 1. The Hall–Kier alpha value is -2.38. The Labute approximate surface area is 164 Å². The Balaban J connectivity index is 1.52. The van der Waals surface area contributed by atoms with Gasteiger partial charge in [-0.1, -0.05) is 54.2 Å². The molecule has 0 bridgehead atoms. The van der Waals surface area contributed by atoms with Gasteiger partial charge in [-0.25, -0.2) is 10.4 Å². The largest absolute Gasteiger partial charge is 0.322 e. The summed E-state index contributed by atoms with van der Waals surface area (Å²) in [7, 11) is 1.94. The van der Waals surface area contributed by atoms with Crippen LogP contribution in [0.3, 0.4) is 0 Å². The van der Waals surface area contributed by atoms with Gasteiger partial charge in [0.15, 0.2) is 5.16 Å². The zero-order valence-corrected chi connectivity index (χ0v) is 16.5. The van der Waals surface area contributed by atoms with E-state index in [0.29, 0.717) is 0 Å². The van der Waals surface area contributed by atoms with Crippen LogP contribution in [-0.2, 0) is 11.8 Å². The molecule has 0 aliphatic heterocycles. The summed E-state index contributed by atoms with van der Waals surface area (Å²) in [6, 6.07) is 17.7. The number of benzene rings is 2. The lowest BCUT2D eigenvalue weighted by Crippen LogP contribution is -2.19. The molecule has 0 radical (unpaired) electrons. The third kappa shape index (κ3) is 4.83. The van der Waals surface area contributed by atoms with Gasteiger partial charge in [-0.15, -0.1) is 0 Å². The highest BCUT2D eigenvalue weighted by atomic mass is 79.9. The highest BCUT2D eigenvalue weighted by Gasteiger charge is 2.09. The molecule has 2 aromatic carbocycles. The molecule has 132 valence electrons. The van der Waals surface area contributed by atoms with Crippen LogP contribution in [0.2, 0.25) is 0 Å². The number of fused-ring (bicyclic) bond motifs is 1. The van der Waals surface area contributed by atoms with Crippen LogP contribution < -0.4 is 5.43 Å². The number of rotatable bonds is 6. The number of aromatic nitrogens is 2. The number of carbonyl (C=O) groups is 1. The minimum atomic E-state index is -0.182. The summed E-state index contributed by atoms with van der Waals surface area (Å²) < 4.78 is 2.75. The lowest BCUT2D eigenvalue weighted by Gasteiger charge is -2.01. The van der Waals surface area contributed by atoms with E-state index in [-0.39, 0.29) is 11.7 Å². The van der Waals surface area contributed by atoms with Crippen molar-refractivity contribution in [1.82, 2.24) is 15.0 Å². The molecule has 0 aliphatic rings. The topological polar surface area (TPSA) is 59.3 Å². The van der Waals surface area contributed by atoms with Crippen LogP contribution in [0.15, 0.2) is 69.3 Å². The predicted molar refractivity (Wildman–Crippen MR) is 111 cm³/mol. The van der Waals surface area contributed by atoms with E-state index < -0.39 is 0 Å². The van der Waals surface area contributed by atoms with Crippen LogP contribution >= 0.6 is 27.7 Å². The van der Waals surface area contributed by atoms with Gasteiger partial charge in [-0.3, -0.25) is 4.79 Å². The molecule has 0 fully saturated rings.